The maximum atomic E-state index is 13.0. The summed E-state index contributed by atoms with van der Waals surface area (Å²) in [6.07, 6.45) is 0. The fourth-order valence-electron chi connectivity index (χ4n) is 3.76. The van der Waals surface area contributed by atoms with Gasteiger partial charge in [-0.2, -0.15) is 0 Å². The Balaban J connectivity index is 1.59. The second-order valence-electron chi connectivity index (χ2n) is 7.77. The van der Waals surface area contributed by atoms with Crippen LogP contribution in [0.1, 0.15) is 20.8 Å². The highest BCUT2D eigenvalue weighted by atomic mass is 32.1. The normalized spacial score (nSPS) is 11.1. The third kappa shape index (κ3) is 3.65. The Hall–Kier alpha value is -4.24. The molecule has 3 aromatic heterocycles. The minimum absolute atomic E-state index is 0.0797. The zero-order valence-corrected chi connectivity index (χ0v) is 19.3. The number of amides is 1. The third-order valence-electron chi connectivity index (χ3n) is 5.60. The molecule has 0 fully saturated rings. The highest BCUT2D eigenvalue weighted by Gasteiger charge is 2.21. The van der Waals surface area contributed by atoms with Crippen molar-refractivity contribution in [1.29, 1.82) is 0 Å². The number of fused-ring (bicyclic) bond motifs is 2. The van der Waals surface area contributed by atoms with Gasteiger partial charge in [-0.25, -0.2) is 9.78 Å². The molecule has 9 heteroatoms. The molecule has 34 heavy (non-hydrogen) atoms. The van der Waals surface area contributed by atoms with Gasteiger partial charge < -0.3 is 19.5 Å². The summed E-state index contributed by atoms with van der Waals surface area (Å²) >= 11 is 1.10. The number of rotatable bonds is 4. The largest absolute Gasteiger partial charge is 0.497 e. The van der Waals surface area contributed by atoms with Crippen molar-refractivity contribution in [2.24, 2.45) is 0 Å². The van der Waals surface area contributed by atoms with E-state index in [1.165, 1.54) is 7.11 Å². The summed E-state index contributed by atoms with van der Waals surface area (Å²) in [4.78, 5) is 46.5. The third-order valence-corrected chi connectivity index (χ3v) is 6.78. The second kappa shape index (κ2) is 8.27. The van der Waals surface area contributed by atoms with Crippen LogP contribution in [0.25, 0.3) is 32.6 Å². The van der Waals surface area contributed by atoms with E-state index in [4.69, 9.17) is 9.15 Å². The van der Waals surface area contributed by atoms with E-state index in [0.717, 1.165) is 16.9 Å². The van der Waals surface area contributed by atoms with Gasteiger partial charge in [-0.1, -0.05) is 18.2 Å². The molecule has 170 valence electrons. The Morgan fingerprint density at radius 2 is 1.91 bits per heavy atom. The van der Waals surface area contributed by atoms with Gasteiger partial charge in [0.1, 0.15) is 27.6 Å². The summed E-state index contributed by atoms with van der Waals surface area (Å²) < 4.78 is 10.6. The van der Waals surface area contributed by atoms with Crippen LogP contribution in [0.5, 0.6) is 5.75 Å². The Morgan fingerprint density at radius 3 is 2.68 bits per heavy atom. The SMILES string of the molecule is COc1ccc2cc(-c3nc4sc(C(=O)Nc5ccccc5C)c(C)c4c(=O)[nH]3)c(=O)oc2c1. The number of nitrogens with zero attached hydrogens (tertiary/aromatic N) is 1. The van der Waals surface area contributed by atoms with Gasteiger partial charge in [-0.15, -0.1) is 11.3 Å². The molecule has 0 saturated heterocycles. The number of thiophene rings is 1. The van der Waals surface area contributed by atoms with Crippen LogP contribution in [0, 0.1) is 13.8 Å². The topological polar surface area (TPSA) is 114 Å². The van der Waals surface area contributed by atoms with Crippen molar-refractivity contribution < 1.29 is 13.9 Å². The van der Waals surface area contributed by atoms with Crippen LogP contribution in [-0.2, 0) is 0 Å². The highest BCUT2D eigenvalue weighted by Crippen LogP contribution is 2.30. The zero-order valence-electron chi connectivity index (χ0n) is 18.5. The van der Waals surface area contributed by atoms with Crippen molar-refractivity contribution in [2.75, 3.05) is 12.4 Å². The van der Waals surface area contributed by atoms with E-state index in [1.54, 1.807) is 31.2 Å². The van der Waals surface area contributed by atoms with E-state index in [-0.39, 0.29) is 17.3 Å². The summed E-state index contributed by atoms with van der Waals surface area (Å²) in [6, 6.07) is 14.2. The van der Waals surface area contributed by atoms with Crippen LogP contribution in [0.3, 0.4) is 0 Å². The number of methoxy groups -OCH3 is 1. The lowest BCUT2D eigenvalue weighted by Crippen LogP contribution is -2.14. The summed E-state index contributed by atoms with van der Waals surface area (Å²) in [7, 11) is 1.52. The number of hydrogen-bond donors (Lipinski definition) is 2. The molecule has 0 unspecified atom stereocenters. The number of para-hydroxylation sites is 1. The predicted molar refractivity (Wildman–Crippen MR) is 132 cm³/mol. The molecule has 8 nitrogen and oxygen atoms in total. The van der Waals surface area contributed by atoms with E-state index < -0.39 is 11.2 Å². The summed E-state index contributed by atoms with van der Waals surface area (Å²) in [5.41, 5.74) is 1.55. The molecule has 5 rings (SSSR count). The first kappa shape index (κ1) is 21.6. The number of benzene rings is 2. The zero-order chi connectivity index (χ0) is 24.0. The van der Waals surface area contributed by atoms with Crippen molar-refractivity contribution in [3.05, 3.63) is 85.3 Å². The van der Waals surface area contributed by atoms with Gasteiger partial charge in [0.15, 0.2) is 0 Å². The molecule has 2 N–H and O–H groups in total. The standard InChI is InChI=1S/C25H19N3O5S/c1-12-6-4-5-7-17(12)26-23(30)20-13(2)19-22(29)27-21(28-24(19)34-20)16-10-14-8-9-15(32-3)11-18(14)33-25(16)31/h4-11H,1-3H3,(H,26,30)(H,27,28,29). The molecule has 3 heterocycles. The molecular formula is C25H19N3O5S. The van der Waals surface area contributed by atoms with Crippen LogP contribution in [-0.4, -0.2) is 23.0 Å². The first-order chi connectivity index (χ1) is 16.4. The first-order valence-electron chi connectivity index (χ1n) is 10.4. The van der Waals surface area contributed by atoms with E-state index >= 15 is 0 Å². The van der Waals surface area contributed by atoms with E-state index in [2.05, 4.69) is 15.3 Å². The number of aryl methyl sites for hydroxylation is 2. The number of carbonyl (C=O) groups excluding carboxylic acids is 1. The van der Waals surface area contributed by atoms with Gasteiger partial charge in [0.05, 0.1) is 17.4 Å². The second-order valence-corrected chi connectivity index (χ2v) is 8.77. The smallest absolute Gasteiger partial charge is 0.347 e. The number of carbonyl (C=O) groups is 1. The molecule has 0 atom stereocenters. The molecule has 0 saturated carbocycles. The van der Waals surface area contributed by atoms with Crippen molar-refractivity contribution in [2.45, 2.75) is 13.8 Å². The van der Waals surface area contributed by atoms with Crippen molar-refractivity contribution in [1.82, 2.24) is 9.97 Å². The lowest BCUT2D eigenvalue weighted by atomic mass is 10.1. The van der Waals surface area contributed by atoms with Gasteiger partial charge in [0.2, 0.25) is 0 Å². The van der Waals surface area contributed by atoms with Crippen LogP contribution in [0.2, 0.25) is 0 Å². The Bertz CT molecular complexity index is 1710. The molecule has 0 spiro atoms. The van der Waals surface area contributed by atoms with E-state index in [9.17, 15) is 14.4 Å². The van der Waals surface area contributed by atoms with E-state index in [0.29, 0.717) is 43.1 Å². The lowest BCUT2D eigenvalue weighted by molar-refractivity contribution is 0.103. The number of H-pyrrole nitrogens is 1. The van der Waals surface area contributed by atoms with Crippen molar-refractivity contribution >= 4 is 44.1 Å². The maximum Gasteiger partial charge on any atom is 0.347 e. The minimum Gasteiger partial charge on any atom is -0.497 e. The molecule has 0 aliphatic heterocycles. The highest BCUT2D eigenvalue weighted by molar-refractivity contribution is 7.20. The van der Waals surface area contributed by atoms with Crippen LogP contribution in [0.4, 0.5) is 5.69 Å². The molecule has 5 aromatic rings. The summed E-state index contributed by atoms with van der Waals surface area (Å²) in [5.74, 6) is 0.313. The average Bonchev–Trinajstić information content (AvgIpc) is 3.16. The maximum absolute atomic E-state index is 13.0. The Kier molecular flexibility index (Phi) is 5.25. The molecule has 2 aromatic carbocycles. The molecule has 0 bridgehead atoms. The average molecular weight is 474 g/mol. The molecule has 1 amide bonds. The number of hydrogen-bond acceptors (Lipinski definition) is 7. The van der Waals surface area contributed by atoms with Crippen molar-refractivity contribution in [3.63, 3.8) is 0 Å². The summed E-state index contributed by atoms with van der Waals surface area (Å²) in [5, 5.41) is 3.86. The molecule has 0 aliphatic carbocycles. The molecule has 0 aliphatic rings. The fourth-order valence-corrected chi connectivity index (χ4v) is 4.84. The van der Waals surface area contributed by atoms with E-state index in [1.807, 2.05) is 31.2 Å². The predicted octanol–water partition coefficient (Wildman–Crippen LogP) is 4.64. The first-order valence-corrected chi connectivity index (χ1v) is 11.2. The van der Waals surface area contributed by atoms with Gasteiger partial charge in [-0.05, 0) is 49.2 Å². The van der Waals surface area contributed by atoms with Crippen molar-refractivity contribution in [3.8, 4) is 17.1 Å². The number of nitrogens with one attached hydrogen (secondary N) is 2. The van der Waals surface area contributed by atoms with Crippen LogP contribution < -0.4 is 21.2 Å². The van der Waals surface area contributed by atoms with Crippen LogP contribution >= 0.6 is 11.3 Å². The van der Waals surface area contributed by atoms with Crippen LogP contribution in [0.15, 0.2) is 62.5 Å². The van der Waals surface area contributed by atoms with Gasteiger partial charge in [0, 0.05) is 17.1 Å². The number of aromatic amines is 1. The van der Waals surface area contributed by atoms with Gasteiger partial charge in [0.25, 0.3) is 11.5 Å². The Morgan fingerprint density at radius 1 is 1.12 bits per heavy atom. The molecule has 0 radical (unpaired) electrons. The molecular weight excluding hydrogens is 454 g/mol. The fraction of sp³-hybridized carbons (Fsp3) is 0.120. The quantitative estimate of drug-likeness (QED) is 0.368. The lowest BCUT2D eigenvalue weighted by Gasteiger charge is -2.07. The monoisotopic (exact) mass is 473 g/mol. The van der Waals surface area contributed by atoms with Gasteiger partial charge in [-0.3, -0.25) is 9.59 Å². The summed E-state index contributed by atoms with van der Waals surface area (Å²) in [6.45, 7) is 3.61. The number of ether oxygens (including phenoxy) is 1. The van der Waals surface area contributed by atoms with Gasteiger partial charge >= 0.3 is 5.63 Å². The number of aromatic nitrogens is 2. The Labute approximate surface area is 196 Å². The number of anilines is 1. The minimum atomic E-state index is -0.644.